The summed E-state index contributed by atoms with van der Waals surface area (Å²) in [6.45, 7) is 3.44. The van der Waals surface area contributed by atoms with Crippen molar-refractivity contribution in [2.45, 2.75) is 38.3 Å². The van der Waals surface area contributed by atoms with E-state index in [0.717, 1.165) is 57.8 Å². The summed E-state index contributed by atoms with van der Waals surface area (Å²) in [5, 5.41) is 6.62. The zero-order chi connectivity index (χ0) is 18.8. The maximum atomic E-state index is 12.4. The van der Waals surface area contributed by atoms with Gasteiger partial charge in [0.2, 0.25) is 0 Å². The lowest BCUT2D eigenvalue weighted by atomic mass is 9.93. The SMILES string of the molecule is CN=C(NCCC1=CCOCC1)NCCC1CCN(CC(F)(F)F)CC1.I. The molecule has 2 aliphatic heterocycles. The number of halogens is 4. The van der Waals surface area contributed by atoms with Gasteiger partial charge in [-0.3, -0.25) is 9.89 Å². The largest absolute Gasteiger partial charge is 0.401 e. The summed E-state index contributed by atoms with van der Waals surface area (Å²) in [5.41, 5.74) is 1.42. The maximum absolute atomic E-state index is 12.4. The first-order valence-corrected chi connectivity index (χ1v) is 9.45. The van der Waals surface area contributed by atoms with Crippen LogP contribution in [0.4, 0.5) is 13.2 Å². The Morgan fingerprint density at radius 3 is 2.56 bits per heavy atom. The standard InChI is InChI=1S/C18H31F3N4O.HI/c1-22-17(24-9-3-16-6-12-26-13-7-16)23-8-2-15-4-10-25(11-5-15)14-18(19,20)21;/h6,15H,2-5,7-14H2,1H3,(H2,22,23,24);1H. The van der Waals surface area contributed by atoms with Crippen molar-refractivity contribution in [3.8, 4) is 0 Å². The Hall–Kier alpha value is -0.550. The number of piperidine rings is 1. The molecule has 5 nitrogen and oxygen atoms in total. The number of nitrogens with one attached hydrogen (secondary N) is 2. The monoisotopic (exact) mass is 504 g/mol. The molecule has 0 radical (unpaired) electrons. The topological polar surface area (TPSA) is 48.9 Å². The van der Waals surface area contributed by atoms with Gasteiger partial charge in [-0.25, -0.2) is 0 Å². The van der Waals surface area contributed by atoms with Gasteiger partial charge >= 0.3 is 6.18 Å². The Morgan fingerprint density at radius 1 is 1.26 bits per heavy atom. The van der Waals surface area contributed by atoms with E-state index in [9.17, 15) is 13.2 Å². The molecule has 1 saturated heterocycles. The highest BCUT2D eigenvalue weighted by atomic mass is 127. The molecule has 0 aromatic heterocycles. The molecule has 2 N–H and O–H groups in total. The van der Waals surface area contributed by atoms with Crippen LogP contribution in [0.1, 0.15) is 32.1 Å². The highest BCUT2D eigenvalue weighted by molar-refractivity contribution is 14.0. The molecule has 0 unspecified atom stereocenters. The van der Waals surface area contributed by atoms with E-state index in [-0.39, 0.29) is 24.0 Å². The first-order chi connectivity index (χ1) is 12.5. The van der Waals surface area contributed by atoms with E-state index in [1.165, 1.54) is 10.5 Å². The molecular formula is C18H32F3IN4O. The van der Waals surface area contributed by atoms with Crippen molar-refractivity contribution < 1.29 is 17.9 Å². The molecule has 0 aromatic carbocycles. The van der Waals surface area contributed by atoms with Crippen LogP contribution >= 0.6 is 24.0 Å². The number of alkyl halides is 3. The first-order valence-electron chi connectivity index (χ1n) is 9.45. The van der Waals surface area contributed by atoms with E-state index in [1.807, 2.05) is 0 Å². The fraction of sp³-hybridized carbons (Fsp3) is 0.833. The van der Waals surface area contributed by atoms with Crippen molar-refractivity contribution in [2.24, 2.45) is 10.9 Å². The smallest absolute Gasteiger partial charge is 0.377 e. The molecular weight excluding hydrogens is 472 g/mol. The van der Waals surface area contributed by atoms with Gasteiger partial charge in [0.05, 0.1) is 19.8 Å². The minimum Gasteiger partial charge on any atom is -0.377 e. The average Bonchev–Trinajstić information content (AvgIpc) is 2.61. The Balaban J connectivity index is 0.00000364. The van der Waals surface area contributed by atoms with E-state index in [4.69, 9.17) is 4.74 Å². The highest BCUT2D eigenvalue weighted by Crippen LogP contribution is 2.23. The quantitative estimate of drug-likeness (QED) is 0.242. The van der Waals surface area contributed by atoms with E-state index in [1.54, 1.807) is 7.05 Å². The fourth-order valence-electron chi connectivity index (χ4n) is 3.44. The summed E-state index contributed by atoms with van der Waals surface area (Å²) in [6, 6.07) is 0. The Kier molecular flexibility index (Phi) is 11.6. The number of aliphatic imine (C=N–C) groups is 1. The van der Waals surface area contributed by atoms with Crippen molar-refractivity contribution in [3.05, 3.63) is 11.6 Å². The molecule has 0 aromatic rings. The second kappa shape index (κ2) is 12.8. The number of likely N-dealkylation sites (tertiary alicyclic amines) is 1. The van der Waals surface area contributed by atoms with Gasteiger partial charge in [-0.1, -0.05) is 11.6 Å². The molecule has 1 fully saturated rings. The molecule has 0 saturated carbocycles. The van der Waals surface area contributed by atoms with Gasteiger partial charge in [0, 0.05) is 20.1 Å². The number of nitrogens with zero attached hydrogens (tertiary/aromatic N) is 2. The van der Waals surface area contributed by atoms with Crippen LogP contribution in [0.2, 0.25) is 0 Å². The molecule has 0 spiro atoms. The van der Waals surface area contributed by atoms with E-state index in [2.05, 4.69) is 21.7 Å². The van der Waals surface area contributed by atoms with Gasteiger partial charge < -0.3 is 15.4 Å². The summed E-state index contributed by atoms with van der Waals surface area (Å²) in [4.78, 5) is 5.73. The van der Waals surface area contributed by atoms with E-state index in [0.29, 0.717) is 25.6 Å². The minimum atomic E-state index is -4.09. The molecule has 27 heavy (non-hydrogen) atoms. The van der Waals surface area contributed by atoms with Crippen LogP contribution in [-0.4, -0.2) is 70.0 Å². The van der Waals surface area contributed by atoms with Crippen LogP contribution < -0.4 is 10.6 Å². The molecule has 0 atom stereocenters. The number of ether oxygens (including phenoxy) is 1. The molecule has 2 heterocycles. The Morgan fingerprint density at radius 2 is 1.96 bits per heavy atom. The number of guanidine groups is 1. The second-order valence-electron chi connectivity index (χ2n) is 6.99. The number of rotatable bonds is 7. The third-order valence-corrected chi connectivity index (χ3v) is 4.97. The molecule has 0 bridgehead atoms. The van der Waals surface area contributed by atoms with Crippen molar-refractivity contribution in [1.82, 2.24) is 15.5 Å². The average molecular weight is 504 g/mol. The zero-order valence-corrected chi connectivity index (χ0v) is 18.3. The molecule has 0 aliphatic carbocycles. The van der Waals surface area contributed by atoms with Gasteiger partial charge in [-0.05, 0) is 51.1 Å². The van der Waals surface area contributed by atoms with Gasteiger partial charge in [-0.2, -0.15) is 13.2 Å². The lowest BCUT2D eigenvalue weighted by Crippen LogP contribution is -2.41. The number of hydrogen-bond acceptors (Lipinski definition) is 3. The Bertz CT molecular complexity index is 478. The normalized spacial score (nSPS) is 20.0. The summed E-state index contributed by atoms with van der Waals surface area (Å²) in [7, 11) is 1.75. The summed E-state index contributed by atoms with van der Waals surface area (Å²) in [5.74, 6) is 1.27. The highest BCUT2D eigenvalue weighted by Gasteiger charge is 2.32. The lowest BCUT2D eigenvalue weighted by molar-refractivity contribution is -0.148. The van der Waals surface area contributed by atoms with Gasteiger partial charge in [0.25, 0.3) is 0 Å². The van der Waals surface area contributed by atoms with Crippen molar-refractivity contribution in [1.29, 1.82) is 0 Å². The summed E-state index contributed by atoms with van der Waals surface area (Å²) in [6.07, 6.45) is 2.67. The van der Waals surface area contributed by atoms with Crippen LogP contribution in [0.5, 0.6) is 0 Å². The van der Waals surface area contributed by atoms with Crippen LogP contribution in [0.15, 0.2) is 16.6 Å². The van der Waals surface area contributed by atoms with Crippen molar-refractivity contribution in [2.75, 3.05) is 53.0 Å². The second-order valence-corrected chi connectivity index (χ2v) is 6.99. The van der Waals surface area contributed by atoms with Crippen LogP contribution in [-0.2, 0) is 4.74 Å². The first kappa shape index (κ1) is 24.5. The Labute approximate surface area is 177 Å². The van der Waals surface area contributed by atoms with E-state index < -0.39 is 12.7 Å². The van der Waals surface area contributed by atoms with Crippen molar-refractivity contribution >= 4 is 29.9 Å². The van der Waals surface area contributed by atoms with Crippen molar-refractivity contribution in [3.63, 3.8) is 0 Å². The number of hydrogen-bond donors (Lipinski definition) is 2. The lowest BCUT2D eigenvalue weighted by Gasteiger charge is -2.32. The molecule has 9 heteroatoms. The van der Waals surface area contributed by atoms with Crippen LogP contribution in [0.25, 0.3) is 0 Å². The predicted molar refractivity (Wildman–Crippen MR) is 113 cm³/mol. The maximum Gasteiger partial charge on any atom is 0.401 e. The van der Waals surface area contributed by atoms with Gasteiger partial charge in [0.1, 0.15) is 0 Å². The predicted octanol–water partition coefficient (Wildman–Crippen LogP) is 3.17. The third-order valence-electron chi connectivity index (χ3n) is 4.97. The van der Waals surface area contributed by atoms with Gasteiger partial charge in [-0.15, -0.1) is 24.0 Å². The zero-order valence-electron chi connectivity index (χ0n) is 16.0. The van der Waals surface area contributed by atoms with Crippen LogP contribution in [0.3, 0.4) is 0 Å². The third kappa shape index (κ3) is 10.5. The fourth-order valence-corrected chi connectivity index (χ4v) is 3.44. The van der Waals surface area contributed by atoms with Gasteiger partial charge in [0.15, 0.2) is 5.96 Å². The molecule has 158 valence electrons. The molecule has 2 rings (SSSR count). The van der Waals surface area contributed by atoms with Crippen LogP contribution in [0, 0.1) is 5.92 Å². The molecule has 0 amide bonds. The summed E-state index contributed by atoms with van der Waals surface area (Å²) >= 11 is 0. The summed E-state index contributed by atoms with van der Waals surface area (Å²) < 4.78 is 42.5. The van der Waals surface area contributed by atoms with E-state index >= 15 is 0 Å². The minimum absolute atomic E-state index is 0. The molecule has 2 aliphatic rings.